The average molecular weight is 707 g/mol. The van der Waals surface area contributed by atoms with Crippen LogP contribution < -0.4 is 4.74 Å². The van der Waals surface area contributed by atoms with Gasteiger partial charge in [0.2, 0.25) is 5.78 Å². The van der Waals surface area contributed by atoms with E-state index in [1.165, 1.54) is 14.0 Å². The Hall–Kier alpha value is -4.91. The van der Waals surface area contributed by atoms with Crippen LogP contribution in [0.5, 0.6) is 17.2 Å². The van der Waals surface area contributed by atoms with E-state index in [-0.39, 0.29) is 64.1 Å². The highest BCUT2D eigenvalue weighted by Crippen LogP contribution is 2.52. The number of hydrogen-bond acceptors (Lipinski definition) is 11. The van der Waals surface area contributed by atoms with Crippen molar-refractivity contribution >= 4 is 17.3 Å². The summed E-state index contributed by atoms with van der Waals surface area (Å²) in [4.78, 5) is 29.2. The minimum absolute atomic E-state index is 0.00400. The number of carbonyl (C=O) groups is 2. The van der Waals surface area contributed by atoms with Gasteiger partial charge < -0.3 is 34.6 Å². The summed E-state index contributed by atoms with van der Waals surface area (Å²) < 4.78 is 18.2. The fraction of sp³-hybridized carbons (Fsp3) is 0.341. The largest absolute Gasteiger partial charge is 0.507 e. The highest BCUT2D eigenvalue weighted by molar-refractivity contribution is 6.32. The summed E-state index contributed by atoms with van der Waals surface area (Å²) in [5, 5.41) is 55.9. The molecule has 6 atom stereocenters. The van der Waals surface area contributed by atoms with Gasteiger partial charge in [0, 0.05) is 55.1 Å². The third kappa shape index (κ3) is 6.18. The Morgan fingerprint density at radius 3 is 2.17 bits per heavy atom. The first-order chi connectivity index (χ1) is 24.9. The number of hydrogen-bond donors (Lipinski definition) is 5. The van der Waals surface area contributed by atoms with Gasteiger partial charge in [0.15, 0.2) is 12.1 Å². The monoisotopic (exact) mass is 706 g/mol. The maximum Gasteiger partial charge on any atom is 0.202 e. The summed E-state index contributed by atoms with van der Waals surface area (Å²) in [6, 6.07) is 24.1. The second-order valence-corrected chi connectivity index (χ2v) is 14.0. The van der Waals surface area contributed by atoms with Crippen LogP contribution in [-0.2, 0) is 33.8 Å². The van der Waals surface area contributed by atoms with E-state index >= 15 is 0 Å². The summed E-state index contributed by atoms with van der Waals surface area (Å²) in [7, 11) is 1.40. The average Bonchev–Trinajstić information content (AvgIpc) is 3.13. The van der Waals surface area contributed by atoms with Gasteiger partial charge in [-0.15, -0.1) is 0 Å². The molecule has 0 radical (unpaired) electrons. The van der Waals surface area contributed by atoms with Crippen LogP contribution >= 0.6 is 0 Å². The molecule has 0 bridgehead atoms. The van der Waals surface area contributed by atoms with E-state index in [1.807, 2.05) is 60.7 Å². The van der Waals surface area contributed by atoms with E-state index in [4.69, 9.17) is 19.6 Å². The maximum atomic E-state index is 14.1. The topological polar surface area (TPSA) is 170 Å². The molecule has 4 aromatic rings. The van der Waals surface area contributed by atoms with E-state index in [2.05, 4.69) is 4.90 Å². The molecular weight excluding hydrogens is 664 g/mol. The lowest BCUT2D eigenvalue weighted by Gasteiger charge is -2.45. The van der Waals surface area contributed by atoms with E-state index in [0.717, 1.165) is 11.1 Å². The van der Waals surface area contributed by atoms with Crippen molar-refractivity contribution in [3.05, 3.63) is 123 Å². The molecule has 1 heterocycles. The van der Waals surface area contributed by atoms with Gasteiger partial charge >= 0.3 is 0 Å². The zero-order chi connectivity index (χ0) is 36.9. The van der Waals surface area contributed by atoms with Crippen LogP contribution in [0, 0.1) is 5.41 Å². The molecule has 0 aromatic heterocycles. The number of phenols is 2. The lowest BCUT2D eigenvalue weighted by Crippen LogP contribution is -2.55. The fourth-order valence-electron chi connectivity index (χ4n) is 7.93. The van der Waals surface area contributed by atoms with Gasteiger partial charge in [-0.05, 0) is 31.0 Å². The van der Waals surface area contributed by atoms with Crippen molar-refractivity contribution < 1.29 is 44.2 Å². The van der Waals surface area contributed by atoms with Crippen LogP contribution in [0.1, 0.15) is 82.1 Å². The second-order valence-electron chi connectivity index (χ2n) is 14.0. The molecule has 7 rings (SSSR count). The molecule has 4 aromatic carbocycles. The zero-order valence-electron chi connectivity index (χ0n) is 29.2. The quantitative estimate of drug-likeness (QED) is 0.132. The van der Waals surface area contributed by atoms with Crippen LogP contribution in [0.25, 0.3) is 0 Å². The molecule has 5 N–H and O–H groups in total. The molecule has 1 aliphatic heterocycles. The minimum atomic E-state index is -2.00. The number of phenolic OH excluding ortho intramolecular Hbond substituents is 2. The molecule has 0 amide bonds. The van der Waals surface area contributed by atoms with Crippen LogP contribution in [0.4, 0.5) is 0 Å². The van der Waals surface area contributed by atoms with E-state index < -0.39 is 59.3 Å². The molecule has 11 nitrogen and oxygen atoms in total. The van der Waals surface area contributed by atoms with Gasteiger partial charge in [0.25, 0.3) is 0 Å². The highest BCUT2D eigenvalue weighted by Gasteiger charge is 2.49. The van der Waals surface area contributed by atoms with Gasteiger partial charge in [-0.25, -0.2) is 0 Å². The van der Waals surface area contributed by atoms with E-state index in [9.17, 15) is 30.0 Å². The van der Waals surface area contributed by atoms with Gasteiger partial charge in [0.1, 0.15) is 22.8 Å². The number of methoxy groups -OCH3 is 1. The standard InChI is InChI=1S/C41H42N2O9/c1-22-37(45)28(43(20-24-11-6-4-7-12-24)21-25-13-8-5-9-14-25)17-31(51-22)52-30-19-41(49,23(2)44)18-27-33(30)40(48)35-34(38(27)46)36(42)26-15-10-16-29(50-3)32(26)39(35)47/h4-16,22,28,30-31,37,42,45-46,48-49H,17-21H2,1-3H3/t22?,28?,30?,31?,37?,41-/m0/s1. The Labute approximate surface area is 301 Å². The number of benzene rings is 4. The smallest absolute Gasteiger partial charge is 0.202 e. The van der Waals surface area contributed by atoms with Crippen molar-refractivity contribution in [3.63, 3.8) is 0 Å². The van der Waals surface area contributed by atoms with Crippen LogP contribution in [-0.4, -0.2) is 79.9 Å². The SMILES string of the molecule is COc1cccc2c1C(=O)c1c(O)c3c(c(O)c1C2=N)C[C@@](O)(C(C)=O)CC3OC1CC(N(Cc2ccccc2)Cc2ccccc2)C(O)C(C)O1. The van der Waals surface area contributed by atoms with Crippen molar-refractivity contribution in [1.29, 1.82) is 5.41 Å². The Bertz CT molecular complexity index is 1990. The number of aliphatic hydroxyl groups excluding tert-OH is 1. The van der Waals surface area contributed by atoms with Crippen molar-refractivity contribution in [2.75, 3.05) is 7.11 Å². The molecular formula is C41H42N2O9. The predicted molar refractivity (Wildman–Crippen MR) is 191 cm³/mol. The lowest BCUT2D eigenvalue weighted by atomic mass is 9.72. The Kier molecular flexibility index (Phi) is 9.49. The first-order valence-corrected chi connectivity index (χ1v) is 17.4. The van der Waals surface area contributed by atoms with Gasteiger partial charge in [-0.1, -0.05) is 72.8 Å². The van der Waals surface area contributed by atoms with Crippen molar-refractivity contribution in [2.24, 2.45) is 0 Å². The second kappa shape index (κ2) is 13.9. The number of aliphatic hydroxyl groups is 2. The Balaban J connectivity index is 1.28. The molecule has 3 aliphatic rings. The normalized spacial score (nSPS) is 25.3. The van der Waals surface area contributed by atoms with Crippen molar-refractivity contribution in [3.8, 4) is 17.2 Å². The number of carbonyl (C=O) groups excluding carboxylic acids is 2. The number of fused-ring (bicyclic) bond motifs is 3. The van der Waals surface area contributed by atoms with Crippen LogP contribution in [0.3, 0.4) is 0 Å². The van der Waals surface area contributed by atoms with E-state index in [0.29, 0.717) is 13.1 Å². The van der Waals surface area contributed by atoms with Crippen LogP contribution in [0.15, 0.2) is 78.9 Å². The zero-order valence-corrected chi connectivity index (χ0v) is 29.2. The number of nitrogens with one attached hydrogen (secondary N) is 1. The number of Topliss-reactive ketones (excluding diaryl/α,β-unsaturated/α-hetero) is 1. The third-order valence-corrected chi connectivity index (χ3v) is 10.7. The van der Waals surface area contributed by atoms with Crippen molar-refractivity contribution in [1.82, 2.24) is 4.90 Å². The maximum absolute atomic E-state index is 14.1. The van der Waals surface area contributed by atoms with Crippen molar-refractivity contribution in [2.45, 2.75) is 82.4 Å². The fourth-order valence-corrected chi connectivity index (χ4v) is 7.93. The van der Waals surface area contributed by atoms with Gasteiger partial charge in [-0.2, -0.15) is 0 Å². The van der Waals surface area contributed by atoms with Gasteiger partial charge in [-0.3, -0.25) is 19.9 Å². The first-order valence-electron chi connectivity index (χ1n) is 17.4. The Morgan fingerprint density at radius 1 is 0.942 bits per heavy atom. The number of rotatable bonds is 9. The molecule has 11 heteroatoms. The summed E-state index contributed by atoms with van der Waals surface area (Å²) in [6.45, 7) is 4.02. The molecule has 0 spiro atoms. The highest BCUT2D eigenvalue weighted by atomic mass is 16.7. The molecule has 5 unspecified atom stereocenters. The molecule has 1 fully saturated rings. The van der Waals surface area contributed by atoms with Crippen LogP contribution in [0.2, 0.25) is 0 Å². The summed E-state index contributed by atoms with van der Waals surface area (Å²) in [5.41, 5.74) is -0.279. The van der Waals surface area contributed by atoms with Gasteiger partial charge in [0.05, 0.1) is 47.8 Å². The number of aromatic hydroxyl groups is 2. The summed E-state index contributed by atoms with van der Waals surface area (Å²) in [5.74, 6) is -2.03. The predicted octanol–water partition coefficient (Wildman–Crippen LogP) is 4.96. The lowest BCUT2D eigenvalue weighted by molar-refractivity contribution is -0.259. The first kappa shape index (κ1) is 35.5. The summed E-state index contributed by atoms with van der Waals surface area (Å²) >= 11 is 0. The molecule has 52 heavy (non-hydrogen) atoms. The molecule has 270 valence electrons. The molecule has 1 saturated heterocycles. The summed E-state index contributed by atoms with van der Waals surface area (Å²) in [6.07, 6.45) is -4.29. The Morgan fingerprint density at radius 2 is 1.58 bits per heavy atom. The minimum Gasteiger partial charge on any atom is -0.507 e. The van der Waals surface area contributed by atoms with E-state index in [1.54, 1.807) is 25.1 Å². The number of ether oxygens (including phenoxy) is 3. The number of nitrogens with zero attached hydrogens (tertiary/aromatic N) is 1. The number of ketones is 2. The molecule has 2 aliphatic carbocycles. The third-order valence-electron chi connectivity index (χ3n) is 10.7. The molecule has 0 saturated carbocycles.